The van der Waals surface area contributed by atoms with Crippen LogP contribution in [0.15, 0.2) is 0 Å². The van der Waals surface area contributed by atoms with Crippen molar-refractivity contribution in [3.63, 3.8) is 0 Å². The molecule has 0 aromatic heterocycles. The summed E-state index contributed by atoms with van der Waals surface area (Å²) >= 11 is 0. The lowest BCUT2D eigenvalue weighted by molar-refractivity contribution is 0.161. The molecule has 0 amide bonds. The first kappa shape index (κ1) is 10.9. The first-order valence-electron chi connectivity index (χ1n) is 5.47. The van der Waals surface area contributed by atoms with Gasteiger partial charge in [0.1, 0.15) is 0 Å². The van der Waals surface area contributed by atoms with Crippen LogP contribution in [0, 0.1) is 23.7 Å². The third kappa shape index (κ3) is 2.13. The van der Waals surface area contributed by atoms with E-state index in [0.717, 1.165) is 29.3 Å². The van der Waals surface area contributed by atoms with E-state index in [1.807, 2.05) is 0 Å². The predicted octanol–water partition coefficient (Wildman–Crippen LogP) is 2.66. The number of hydrogen-bond donors (Lipinski definition) is 0. The Bertz CT molecular complexity index is 307. The molecule has 0 aromatic rings. The van der Waals surface area contributed by atoms with Crippen LogP contribution in [0.5, 0.6) is 0 Å². The Labute approximate surface area is 91.4 Å². The fourth-order valence-electron chi connectivity index (χ4n) is 2.80. The third-order valence-electron chi connectivity index (χ3n) is 3.95. The van der Waals surface area contributed by atoms with E-state index in [1.54, 1.807) is 10.8 Å². The Morgan fingerprint density at radius 3 is 2.43 bits per heavy atom. The van der Waals surface area contributed by atoms with Crippen molar-refractivity contribution >= 4 is 25.2 Å². The van der Waals surface area contributed by atoms with E-state index >= 15 is 0 Å². The molecule has 1 aliphatic carbocycles. The maximum atomic E-state index is 11.9. The van der Waals surface area contributed by atoms with Crippen molar-refractivity contribution in [2.75, 3.05) is 11.5 Å². The topological polar surface area (TPSA) is 17.1 Å². The van der Waals surface area contributed by atoms with Crippen LogP contribution >= 0.6 is 10.8 Å². The molecule has 0 spiro atoms. The van der Waals surface area contributed by atoms with Crippen LogP contribution in [-0.4, -0.2) is 21.6 Å². The zero-order valence-corrected chi connectivity index (χ0v) is 10.7. The Hall–Kier alpha value is 0.370. The quantitative estimate of drug-likeness (QED) is 0.472. The van der Waals surface area contributed by atoms with E-state index in [1.165, 1.54) is 12.8 Å². The maximum absolute atomic E-state index is 11.9. The Morgan fingerprint density at radius 1 is 1.21 bits per heavy atom. The zero-order valence-electron chi connectivity index (χ0n) is 9.07. The van der Waals surface area contributed by atoms with E-state index in [2.05, 4.69) is 19.7 Å². The van der Waals surface area contributed by atoms with E-state index in [4.69, 9.17) is 0 Å². The molecule has 0 radical (unpaired) electrons. The minimum absolute atomic E-state index is 0.701. The Kier molecular flexibility index (Phi) is 2.91. The average molecular weight is 232 g/mol. The van der Waals surface area contributed by atoms with Gasteiger partial charge in [-0.2, -0.15) is 0 Å². The molecular weight excluding hydrogens is 212 g/mol. The van der Waals surface area contributed by atoms with Gasteiger partial charge < -0.3 is 0 Å². The van der Waals surface area contributed by atoms with Crippen LogP contribution in [0.1, 0.15) is 26.7 Å². The van der Waals surface area contributed by atoms with E-state index in [0.29, 0.717) is 5.92 Å². The van der Waals surface area contributed by atoms with Crippen molar-refractivity contribution in [2.45, 2.75) is 26.7 Å². The summed E-state index contributed by atoms with van der Waals surface area (Å²) in [5, 5.41) is 0. The van der Waals surface area contributed by atoms with Crippen LogP contribution in [0.25, 0.3) is 0 Å². The van der Waals surface area contributed by atoms with Gasteiger partial charge in [-0.25, -0.2) is 0 Å². The second-order valence-corrected chi connectivity index (χ2v) is 10.1. The summed E-state index contributed by atoms with van der Waals surface area (Å²) in [5.74, 6) is 9.01. The number of rotatable bonds is 0. The molecule has 2 rings (SSSR count). The molecule has 0 bridgehead atoms. The van der Waals surface area contributed by atoms with Gasteiger partial charge in [0, 0.05) is 20.1 Å². The molecule has 1 aliphatic heterocycles. The van der Waals surface area contributed by atoms with Crippen molar-refractivity contribution in [2.24, 2.45) is 23.7 Å². The SMILES string of the molecule is C=S1(=O)CC2C[C@H](C)[C@@H](C)CC2CS1. The monoisotopic (exact) mass is 232 g/mol. The predicted molar refractivity (Wildman–Crippen MR) is 67.1 cm³/mol. The van der Waals surface area contributed by atoms with Gasteiger partial charge in [0.05, 0.1) is 0 Å². The van der Waals surface area contributed by atoms with Crippen molar-refractivity contribution < 1.29 is 4.21 Å². The summed E-state index contributed by atoms with van der Waals surface area (Å²) in [6, 6.07) is 0. The fourth-order valence-corrected chi connectivity index (χ4v) is 6.87. The highest BCUT2D eigenvalue weighted by Crippen LogP contribution is 2.44. The van der Waals surface area contributed by atoms with Crippen molar-refractivity contribution in [1.29, 1.82) is 0 Å². The van der Waals surface area contributed by atoms with Crippen LogP contribution in [0.3, 0.4) is 0 Å². The van der Waals surface area contributed by atoms with Crippen LogP contribution in [0.4, 0.5) is 0 Å². The molecule has 0 N–H and O–H groups in total. The first-order chi connectivity index (χ1) is 6.48. The van der Waals surface area contributed by atoms with E-state index in [-0.39, 0.29) is 0 Å². The summed E-state index contributed by atoms with van der Waals surface area (Å²) in [5.41, 5.74) is 0. The lowest BCUT2D eigenvalue weighted by Crippen LogP contribution is -2.37. The highest BCUT2D eigenvalue weighted by Gasteiger charge is 2.37. The van der Waals surface area contributed by atoms with Crippen LogP contribution in [-0.2, 0) is 8.55 Å². The minimum atomic E-state index is -1.78. The minimum Gasteiger partial charge on any atom is -0.257 e. The summed E-state index contributed by atoms with van der Waals surface area (Å²) in [6.45, 7) is 4.70. The smallest absolute Gasteiger partial charge is 0.0283 e. The largest absolute Gasteiger partial charge is 0.257 e. The molecule has 1 nitrogen and oxygen atoms in total. The standard InChI is InChI=1S/C11H20OS2/c1-8-4-10-6-13-14(3,12)7-11(10)5-9(8)2/h8-11H,3-7H2,1-2H3/t8-,9-,10?,11?,14?/m0/s1. The van der Waals surface area contributed by atoms with Gasteiger partial charge in [0.15, 0.2) is 0 Å². The molecule has 82 valence electrons. The molecule has 3 heteroatoms. The van der Waals surface area contributed by atoms with Gasteiger partial charge >= 0.3 is 0 Å². The Morgan fingerprint density at radius 2 is 1.79 bits per heavy atom. The van der Waals surface area contributed by atoms with Gasteiger partial charge in [-0.15, -0.1) is 0 Å². The van der Waals surface area contributed by atoms with Gasteiger partial charge in [0.2, 0.25) is 0 Å². The van der Waals surface area contributed by atoms with Crippen molar-refractivity contribution in [3.05, 3.63) is 0 Å². The van der Waals surface area contributed by atoms with Crippen molar-refractivity contribution in [3.8, 4) is 0 Å². The van der Waals surface area contributed by atoms with Gasteiger partial charge in [-0.3, -0.25) is 4.21 Å². The highest BCUT2D eigenvalue weighted by atomic mass is 33.1. The lowest BCUT2D eigenvalue weighted by Gasteiger charge is -2.42. The summed E-state index contributed by atoms with van der Waals surface area (Å²) in [7, 11) is -0.151. The van der Waals surface area contributed by atoms with Gasteiger partial charge in [-0.05, 0) is 42.4 Å². The lowest BCUT2D eigenvalue weighted by atomic mass is 9.71. The molecule has 5 atom stereocenters. The second kappa shape index (κ2) is 3.75. The highest BCUT2D eigenvalue weighted by molar-refractivity contribution is 8.75. The molecule has 1 saturated carbocycles. The van der Waals surface area contributed by atoms with Gasteiger partial charge in [-0.1, -0.05) is 24.6 Å². The molecule has 0 aromatic carbocycles. The molecular formula is C11H20OS2. The molecule has 2 aliphatic rings. The molecule has 3 unspecified atom stereocenters. The number of hydrogen-bond acceptors (Lipinski definition) is 2. The maximum Gasteiger partial charge on any atom is 0.0283 e. The average Bonchev–Trinajstić information content (AvgIpc) is 2.07. The number of fused-ring (bicyclic) bond motifs is 1. The van der Waals surface area contributed by atoms with E-state index < -0.39 is 8.55 Å². The first-order valence-corrected chi connectivity index (χ1v) is 8.87. The molecule has 14 heavy (non-hydrogen) atoms. The molecule has 1 heterocycles. The zero-order chi connectivity index (χ0) is 10.3. The van der Waals surface area contributed by atoms with Crippen LogP contribution in [0.2, 0.25) is 0 Å². The summed E-state index contributed by atoms with van der Waals surface area (Å²) < 4.78 is 11.9. The molecule has 1 saturated heterocycles. The fraction of sp³-hybridized carbons (Fsp3) is 0.909. The summed E-state index contributed by atoms with van der Waals surface area (Å²) in [4.78, 5) is 0. The van der Waals surface area contributed by atoms with E-state index in [9.17, 15) is 4.21 Å². The van der Waals surface area contributed by atoms with Gasteiger partial charge in [0.25, 0.3) is 0 Å². The second-order valence-electron chi connectivity index (χ2n) is 5.14. The molecule has 2 fully saturated rings. The van der Waals surface area contributed by atoms with Crippen LogP contribution < -0.4 is 0 Å². The summed E-state index contributed by atoms with van der Waals surface area (Å²) in [6.07, 6.45) is 2.62. The normalized spacial score (nSPS) is 53.9. The Balaban J connectivity index is 2.09. The van der Waals surface area contributed by atoms with Crippen molar-refractivity contribution in [1.82, 2.24) is 0 Å². The third-order valence-corrected chi connectivity index (χ3v) is 7.99.